The number of nitrogen functional groups attached to an aromatic ring is 2. The summed E-state index contributed by atoms with van der Waals surface area (Å²) in [6.45, 7) is 18.6. The zero-order chi connectivity index (χ0) is 96.3. The number of cyclic esters (lactones) is 1. The Balaban J connectivity index is 0.539. The third-order valence-electron chi connectivity index (χ3n) is 26.3. The molecule has 4 fully saturated rings. The average molecular weight is 1890 g/mol. The Labute approximate surface area is 789 Å². The Morgan fingerprint density at radius 2 is 1.50 bits per heavy atom. The van der Waals surface area contributed by atoms with Crippen molar-refractivity contribution in [3.8, 4) is 22.4 Å². The largest absolute Gasteiger partial charge is 0.460 e. The molecule has 1 unspecified atom stereocenters. The summed E-state index contributed by atoms with van der Waals surface area (Å²) in [5, 5.41) is 40.7. The molecule has 9 heterocycles. The number of aliphatic hydroxyl groups excluding tert-OH is 1. The second kappa shape index (κ2) is 50.3. The van der Waals surface area contributed by atoms with E-state index in [1.54, 1.807) is 75.1 Å². The molecule has 135 heavy (non-hydrogen) atoms. The first-order valence-electron chi connectivity index (χ1n) is 47.4. The zero-order valence-corrected chi connectivity index (χ0v) is 80.3. The summed E-state index contributed by atoms with van der Waals surface area (Å²) in [6.07, 6.45) is 19.6. The molecule has 3 saturated heterocycles. The number of piperazine rings is 1. The molecule has 2 bridgehead atoms. The maximum Gasteiger partial charge on any atom is 0.329 e. The first-order valence-corrected chi connectivity index (χ1v) is 49.0. The van der Waals surface area contributed by atoms with Crippen LogP contribution >= 0.6 is 0 Å². The smallest absolute Gasteiger partial charge is 0.329 e. The fraction of sp³-hybridized carbons (Fsp3) is 0.608. The number of sulfonamides is 1. The minimum Gasteiger partial charge on any atom is -0.460 e. The van der Waals surface area contributed by atoms with E-state index in [0.717, 1.165) is 40.7 Å². The number of fused-ring (bicyclic) bond motifs is 5. The third kappa shape index (κ3) is 28.6. The molecule has 37 nitrogen and oxygen atoms in total. The molecule has 7 aromatic rings. The number of aliphatic hydroxyl groups is 2. The zero-order valence-electron chi connectivity index (χ0n) is 79.5. The number of benzene rings is 2. The van der Waals surface area contributed by atoms with Gasteiger partial charge in [0.25, 0.3) is 17.7 Å². The SMILES string of the molecule is CO[C@H]1C[C@@H]2CC[C@@H](C)[C@@](O)(O2)C(=O)C(=O)N2CCCC[C@H]2C(=O)OC([C@H](C)C[C@@H]2CC[C@@H](OCc3cccc(-c4cnc(N5CCN(S(=O)(=O)CCc6cn(CCOCCOCCOCCOCCC(=O)NCCCCn7nc(-c8ccc9oc(N)nc9c8)c8c(N)ncnc87)nn6)CC5)nc4)c3)[C@H](OC)C2)CC(=O)[C@H](C)/C=C(\C)[C@@H](O)[C@@H](OC)C(=O)[C@H](C)C[C@H](C)/C=C/C=C/C=C/1C. The number of unbranched alkanes of at least 4 members (excludes halogenated alkanes) is 1. The van der Waals surface area contributed by atoms with Crippen LogP contribution in [0.1, 0.15) is 156 Å². The number of methoxy groups -OCH3 is 3. The standard InChI is InChI=1S/C97H136N16O21S/c1-62-19-12-11-13-20-63(2)81(124-8)55-75-27-24-68(7)97(121,134-75)90(118)93(119)112-33-16-14-23-77(112)94(120)132-82(56-78(114)64(3)50-67(6)88(117)89(126-10)87(116)66(5)49-62)65(4)51-69-25-28-80(83(53-69)125-9)131-60-70-21-18-22-71(52-70)73-57-101-96(102-58-73)109-35-37-111(38-36-109)135(122,123)48-31-74-59-110(108-106-74)39-41-128-43-45-130-47-46-129-44-42-127-40-30-84(115)100-32-15-17-34-113-92-85(91(98)103-61-104-92)86(107-113)72-26-29-79-76(54-72)105-95(99)133-79/h11-13,18-22,26,29,50,52,54,57-59,61-62,64-66,68-69,75,77,80-83,88-89,117,121H,14-17,23-25,27-28,30-49,51,53,55-56,60H2,1-10H3,(H2,99,105)(H,100,115)(H2,98,103,104)/b13-11+,19-12+,63-20+,67-50+/t62-,64-,65-,66-,68-,69+,75+,77+,80-,81+,82?,83-,88-,89+,97-/m1/s1. The molecule has 12 rings (SSSR count). The van der Waals surface area contributed by atoms with E-state index in [9.17, 15) is 47.4 Å². The number of anilines is 3. The van der Waals surface area contributed by atoms with Crippen LogP contribution in [0.3, 0.4) is 0 Å². The lowest BCUT2D eigenvalue weighted by Crippen LogP contribution is -2.61. The highest BCUT2D eigenvalue weighted by Gasteiger charge is 2.53. The van der Waals surface area contributed by atoms with Crippen molar-refractivity contribution in [2.75, 3.05) is 136 Å². The first-order chi connectivity index (χ1) is 65.0. The van der Waals surface area contributed by atoms with Crippen molar-refractivity contribution in [2.45, 2.75) is 225 Å². The number of hydrogen-bond acceptors (Lipinski definition) is 32. The van der Waals surface area contributed by atoms with Crippen LogP contribution < -0.4 is 21.7 Å². The van der Waals surface area contributed by atoms with Crippen molar-refractivity contribution in [3.63, 3.8) is 0 Å². The van der Waals surface area contributed by atoms with Gasteiger partial charge in [0, 0.05) is 140 Å². The minimum atomic E-state index is -3.63. The molecular weight excluding hydrogens is 1760 g/mol. The van der Waals surface area contributed by atoms with Gasteiger partial charge in [0.2, 0.25) is 27.7 Å². The lowest BCUT2D eigenvalue weighted by molar-refractivity contribution is -0.265. The van der Waals surface area contributed by atoms with E-state index in [-0.39, 0.29) is 118 Å². The topological polar surface area (TPSA) is 469 Å². The van der Waals surface area contributed by atoms with Crippen molar-refractivity contribution >= 4 is 85.1 Å². The number of amides is 2. The molecule has 2 amide bonds. The maximum atomic E-state index is 14.9. The van der Waals surface area contributed by atoms with E-state index in [4.69, 9.17) is 78.3 Å². The van der Waals surface area contributed by atoms with Crippen LogP contribution in [-0.4, -0.2) is 286 Å². The van der Waals surface area contributed by atoms with Crippen LogP contribution in [0.2, 0.25) is 0 Å². The number of piperidine rings is 1. The van der Waals surface area contributed by atoms with Crippen LogP contribution in [0.15, 0.2) is 119 Å². The number of hydrogen-bond donors (Lipinski definition) is 5. The molecule has 1 saturated carbocycles. The number of aryl methyl sites for hydroxylation is 2. The molecule has 5 aromatic heterocycles. The molecule has 15 atom stereocenters. The van der Waals surface area contributed by atoms with Crippen LogP contribution in [0.5, 0.6) is 0 Å². The van der Waals surface area contributed by atoms with Crippen molar-refractivity contribution in [2.24, 2.45) is 35.5 Å². The third-order valence-corrected chi connectivity index (χ3v) is 28.2. The highest BCUT2D eigenvalue weighted by atomic mass is 32.2. The van der Waals surface area contributed by atoms with Gasteiger partial charge < -0.3 is 88.6 Å². The Morgan fingerprint density at radius 1 is 0.756 bits per heavy atom. The highest BCUT2D eigenvalue weighted by Crippen LogP contribution is 2.40. The number of nitrogens with one attached hydrogen (secondary N) is 1. The number of aromatic nitrogens is 10. The number of allylic oxidation sites excluding steroid dienone is 6. The molecule has 7 N–H and O–H groups in total. The van der Waals surface area contributed by atoms with E-state index >= 15 is 0 Å². The van der Waals surface area contributed by atoms with Crippen LogP contribution in [0.4, 0.5) is 17.8 Å². The van der Waals surface area contributed by atoms with E-state index in [0.29, 0.717) is 188 Å². The van der Waals surface area contributed by atoms with E-state index in [2.05, 4.69) is 30.6 Å². The molecule has 0 spiro atoms. The van der Waals surface area contributed by atoms with Gasteiger partial charge in [-0.15, -0.1) is 5.10 Å². The Kier molecular flexibility index (Phi) is 38.7. The van der Waals surface area contributed by atoms with Crippen molar-refractivity contribution in [1.82, 2.24) is 64.2 Å². The summed E-state index contributed by atoms with van der Waals surface area (Å²) in [7, 11) is 0.983. The van der Waals surface area contributed by atoms with Crippen LogP contribution in [0.25, 0.3) is 44.5 Å². The number of ether oxygens (including phenoxy) is 10. The summed E-state index contributed by atoms with van der Waals surface area (Å²) >= 11 is 0. The van der Waals surface area contributed by atoms with Crippen molar-refractivity contribution in [3.05, 3.63) is 126 Å². The molecule has 1 aliphatic carbocycles. The molecule has 2 aromatic carbocycles. The highest BCUT2D eigenvalue weighted by molar-refractivity contribution is 7.89. The minimum absolute atomic E-state index is 0.0185. The maximum absolute atomic E-state index is 14.9. The van der Waals surface area contributed by atoms with Gasteiger partial charge in [-0.25, -0.2) is 42.5 Å². The van der Waals surface area contributed by atoms with E-state index in [1.807, 2.05) is 99.4 Å². The van der Waals surface area contributed by atoms with Gasteiger partial charge in [0.15, 0.2) is 17.0 Å². The quantitative estimate of drug-likeness (QED) is 0.0106. The number of rotatable bonds is 36. The molecule has 736 valence electrons. The molecule has 0 radical (unpaired) electrons. The van der Waals surface area contributed by atoms with Gasteiger partial charge in [-0.05, 0) is 155 Å². The summed E-state index contributed by atoms with van der Waals surface area (Å²) in [4.78, 5) is 111. The molecule has 5 aliphatic rings. The number of nitrogens with two attached hydrogens (primary N) is 2. The second-order valence-electron chi connectivity index (χ2n) is 36.3. The summed E-state index contributed by atoms with van der Waals surface area (Å²) in [5.74, 6) is -7.89. The monoisotopic (exact) mass is 1890 g/mol. The fourth-order valence-electron chi connectivity index (χ4n) is 18.3. The fourth-order valence-corrected chi connectivity index (χ4v) is 19.8. The van der Waals surface area contributed by atoms with Crippen LogP contribution in [0, 0.1) is 35.5 Å². The van der Waals surface area contributed by atoms with E-state index < -0.39 is 93.7 Å². The van der Waals surface area contributed by atoms with Gasteiger partial charge in [0.1, 0.15) is 53.5 Å². The van der Waals surface area contributed by atoms with Gasteiger partial charge in [-0.2, -0.15) is 14.4 Å². The van der Waals surface area contributed by atoms with Gasteiger partial charge in [0.05, 0.1) is 107 Å². The van der Waals surface area contributed by atoms with Gasteiger partial charge in [-0.3, -0.25) is 24.0 Å². The van der Waals surface area contributed by atoms with Crippen molar-refractivity contribution in [1.29, 1.82) is 0 Å². The number of ketones is 3. The number of Topliss-reactive ketones (excluding diaryl/α,β-unsaturated/α-hetero) is 3. The van der Waals surface area contributed by atoms with Crippen LogP contribution in [-0.2, 0) is 112 Å². The Morgan fingerprint density at radius 3 is 2.24 bits per heavy atom. The number of nitrogens with zero attached hydrogens (tertiary/aromatic N) is 13. The summed E-state index contributed by atoms with van der Waals surface area (Å²) in [6, 6.07) is 12.3. The normalized spacial score (nSPS) is 26.6. The second-order valence-corrected chi connectivity index (χ2v) is 38.4. The van der Waals surface area contributed by atoms with E-state index in [1.165, 1.54) is 22.6 Å². The number of carbonyl (C=O) groups is 6. The average Bonchev–Trinajstić information content (AvgIpc) is 1.28. The summed E-state index contributed by atoms with van der Waals surface area (Å²) < 4.78 is 97.3. The Hall–Kier alpha value is -10.1. The molecule has 38 heteroatoms. The summed E-state index contributed by atoms with van der Waals surface area (Å²) in [5.41, 5.74) is 19.6. The number of esters is 1. The lowest BCUT2D eigenvalue weighted by Gasteiger charge is -2.42. The number of carbonyl (C=O) groups excluding carboxylic acids is 6. The van der Waals surface area contributed by atoms with Gasteiger partial charge >= 0.3 is 5.97 Å². The van der Waals surface area contributed by atoms with Gasteiger partial charge in [-0.1, -0.05) is 94.5 Å². The molecular formula is C97H136N16O21S. The number of oxazole rings is 1. The van der Waals surface area contributed by atoms with Crippen molar-refractivity contribution < 1.29 is 99.2 Å². The lowest BCUT2D eigenvalue weighted by atomic mass is 9.78. The predicted octanol–water partition coefficient (Wildman–Crippen LogP) is 9.31. The predicted molar refractivity (Wildman–Crippen MR) is 504 cm³/mol. The first kappa shape index (κ1) is 104. The Bertz CT molecular complexity index is 5330. The molecule has 4 aliphatic heterocycles.